The molecular formula is C16H19Cl2NO3. The first kappa shape index (κ1) is 16.1. The van der Waals surface area contributed by atoms with E-state index in [1.807, 2.05) is 19.2 Å². The Hall–Kier alpha value is -0.810. The maximum atomic E-state index is 12.4. The molecule has 4 nitrogen and oxygen atoms in total. The Labute approximate surface area is 140 Å². The molecule has 6 heteroatoms. The van der Waals surface area contributed by atoms with Crippen LogP contribution in [0.15, 0.2) is 18.2 Å². The van der Waals surface area contributed by atoms with Gasteiger partial charge in [-0.3, -0.25) is 9.69 Å². The molecule has 2 fully saturated rings. The number of ether oxygens (including phenoxy) is 1. The molecule has 2 aliphatic rings. The highest BCUT2D eigenvalue weighted by molar-refractivity contribution is 6.42. The number of methoxy groups -OCH3 is 1. The van der Waals surface area contributed by atoms with Crippen molar-refractivity contribution in [1.29, 1.82) is 0 Å². The third kappa shape index (κ3) is 2.52. The fourth-order valence-electron chi connectivity index (χ4n) is 4.03. The fraction of sp³-hybridized carbons (Fsp3) is 0.562. The van der Waals surface area contributed by atoms with Gasteiger partial charge in [-0.05, 0) is 37.6 Å². The van der Waals surface area contributed by atoms with E-state index >= 15 is 0 Å². The molecule has 2 saturated heterocycles. The van der Waals surface area contributed by atoms with E-state index < -0.39 is 6.10 Å². The Morgan fingerprint density at radius 1 is 1.27 bits per heavy atom. The number of esters is 1. The van der Waals surface area contributed by atoms with Gasteiger partial charge in [0.2, 0.25) is 0 Å². The summed E-state index contributed by atoms with van der Waals surface area (Å²) in [6.07, 6.45) is 0.889. The normalized spacial score (nSPS) is 34.7. The topological polar surface area (TPSA) is 49.8 Å². The second-order valence-electron chi connectivity index (χ2n) is 6.17. The number of piperidine rings is 1. The number of halogens is 2. The number of aliphatic hydroxyl groups excluding tert-OH is 1. The lowest BCUT2D eigenvalue weighted by molar-refractivity contribution is -0.150. The number of benzene rings is 1. The predicted molar refractivity (Wildman–Crippen MR) is 85.3 cm³/mol. The number of hydrogen-bond acceptors (Lipinski definition) is 4. The van der Waals surface area contributed by atoms with Crippen molar-refractivity contribution in [3.05, 3.63) is 33.8 Å². The number of carbonyl (C=O) groups excluding carboxylic acids is 1. The van der Waals surface area contributed by atoms with Crippen molar-refractivity contribution in [3.63, 3.8) is 0 Å². The average Bonchev–Trinajstić information content (AvgIpc) is 2.68. The summed E-state index contributed by atoms with van der Waals surface area (Å²) < 4.78 is 5.02. The minimum Gasteiger partial charge on any atom is -0.469 e. The van der Waals surface area contributed by atoms with Crippen molar-refractivity contribution in [2.45, 2.75) is 36.9 Å². The maximum Gasteiger partial charge on any atom is 0.310 e. The number of hydrogen-bond donors (Lipinski definition) is 1. The van der Waals surface area contributed by atoms with Crippen molar-refractivity contribution in [2.24, 2.45) is 5.92 Å². The number of nitrogens with zero attached hydrogens (tertiary/aromatic N) is 1. The maximum absolute atomic E-state index is 12.4. The molecule has 0 radical (unpaired) electrons. The van der Waals surface area contributed by atoms with Crippen LogP contribution in [0.25, 0.3) is 0 Å². The van der Waals surface area contributed by atoms with Crippen LogP contribution in [-0.4, -0.2) is 48.3 Å². The van der Waals surface area contributed by atoms with Gasteiger partial charge in [-0.2, -0.15) is 0 Å². The van der Waals surface area contributed by atoms with Crippen molar-refractivity contribution in [3.8, 4) is 0 Å². The summed E-state index contributed by atoms with van der Waals surface area (Å²) in [6.45, 7) is 0. The molecule has 2 heterocycles. The Bertz CT molecular complexity index is 595. The third-order valence-electron chi connectivity index (χ3n) is 5.16. The van der Waals surface area contributed by atoms with E-state index in [1.54, 1.807) is 6.07 Å². The molecule has 5 atom stereocenters. The number of likely N-dealkylation sites (N-methyl/N-ethyl adjacent to an activating group) is 1. The van der Waals surface area contributed by atoms with E-state index in [-0.39, 0.29) is 29.9 Å². The molecule has 22 heavy (non-hydrogen) atoms. The average molecular weight is 344 g/mol. The summed E-state index contributed by atoms with van der Waals surface area (Å²) in [4.78, 5) is 14.5. The lowest BCUT2D eigenvalue weighted by atomic mass is 9.76. The quantitative estimate of drug-likeness (QED) is 0.838. The zero-order valence-corrected chi connectivity index (χ0v) is 14.0. The van der Waals surface area contributed by atoms with Crippen LogP contribution < -0.4 is 0 Å². The molecule has 2 aliphatic heterocycles. The van der Waals surface area contributed by atoms with Gasteiger partial charge in [-0.15, -0.1) is 0 Å². The van der Waals surface area contributed by atoms with Crippen LogP contribution in [0.3, 0.4) is 0 Å². The van der Waals surface area contributed by atoms with Crippen LogP contribution in [0.5, 0.6) is 0 Å². The first-order valence-electron chi connectivity index (χ1n) is 7.36. The molecule has 1 aromatic carbocycles. The van der Waals surface area contributed by atoms with Crippen LogP contribution in [-0.2, 0) is 9.53 Å². The van der Waals surface area contributed by atoms with Gasteiger partial charge >= 0.3 is 5.97 Å². The summed E-state index contributed by atoms with van der Waals surface area (Å²) in [5.41, 5.74) is 0.974. The van der Waals surface area contributed by atoms with E-state index in [2.05, 4.69) is 4.90 Å². The van der Waals surface area contributed by atoms with Crippen LogP contribution in [0.2, 0.25) is 10.0 Å². The molecule has 0 aromatic heterocycles. The number of fused-ring (bicyclic) bond motifs is 2. The lowest BCUT2D eigenvalue weighted by Gasteiger charge is -2.41. The van der Waals surface area contributed by atoms with Gasteiger partial charge in [0.1, 0.15) is 0 Å². The Balaban J connectivity index is 2.00. The van der Waals surface area contributed by atoms with Gasteiger partial charge in [-0.1, -0.05) is 29.3 Å². The molecule has 3 rings (SSSR count). The van der Waals surface area contributed by atoms with E-state index in [0.29, 0.717) is 22.9 Å². The van der Waals surface area contributed by atoms with Crippen molar-refractivity contribution in [2.75, 3.05) is 14.2 Å². The van der Waals surface area contributed by atoms with Gasteiger partial charge in [0, 0.05) is 18.0 Å². The molecule has 2 bridgehead atoms. The van der Waals surface area contributed by atoms with Crippen molar-refractivity contribution in [1.82, 2.24) is 4.90 Å². The van der Waals surface area contributed by atoms with E-state index in [0.717, 1.165) is 5.56 Å². The van der Waals surface area contributed by atoms with Crippen LogP contribution >= 0.6 is 23.2 Å². The van der Waals surface area contributed by atoms with Crippen LogP contribution in [0.1, 0.15) is 24.3 Å². The Morgan fingerprint density at radius 3 is 2.64 bits per heavy atom. The molecule has 120 valence electrons. The van der Waals surface area contributed by atoms with Gasteiger partial charge in [0.15, 0.2) is 0 Å². The summed E-state index contributed by atoms with van der Waals surface area (Å²) in [7, 11) is 3.37. The smallest absolute Gasteiger partial charge is 0.310 e. The van der Waals surface area contributed by atoms with Crippen LogP contribution in [0, 0.1) is 5.92 Å². The van der Waals surface area contributed by atoms with E-state index in [9.17, 15) is 9.90 Å². The Morgan fingerprint density at radius 2 is 2.00 bits per heavy atom. The first-order chi connectivity index (χ1) is 10.4. The molecular weight excluding hydrogens is 325 g/mol. The van der Waals surface area contributed by atoms with Gasteiger partial charge in [0.05, 0.1) is 29.2 Å². The summed E-state index contributed by atoms with van der Waals surface area (Å²) >= 11 is 12.1. The molecule has 2 unspecified atom stereocenters. The standard InChI is InChI=1S/C16H19Cl2NO3/c1-19-12-6-9(8-3-4-10(17)11(18)5-8)15(16(21)22-2)13(19)7-14(12)20/h3-5,9,12-15,20H,6-7H2,1-2H3/t9-,12?,13?,14+,15+/m1/s1. The SMILES string of the molecule is COC(=O)[C@@H]1C2C[C@H](O)C(C[C@@H]1c1ccc(Cl)c(Cl)c1)N2C. The van der Waals surface area contributed by atoms with Gasteiger partial charge in [0.25, 0.3) is 0 Å². The van der Waals surface area contributed by atoms with E-state index in [4.69, 9.17) is 27.9 Å². The number of carbonyl (C=O) groups is 1. The first-order valence-corrected chi connectivity index (χ1v) is 8.12. The highest BCUT2D eigenvalue weighted by Crippen LogP contribution is 2.47. The predicted octanol–water partition coefficient (Wildman–Crippen LogP) is 2.70. The molecule has 0 spiro atoms. The second-order valence-corrected chi connectivity index (χ2v) is 6.98. The Kier molecular flexibility index (Phi) is 4.38. The zero-order chi connectivity index (χ0) is 16.0. The fourth-order valence-corrected chi connectivity index (χ4v) is 4.34. The largest absolute Gasteiger partial charge is 0.469 e. The minimum atomic E-state index is -0.407. The van der Waals surface area contributed by atoms with Gasteiger partial charge in [-0.25, -0.2) is 0 Å². The molecule has 0 aliphatic carbocycles. The summed E-state index contributed by atoms with van der Waals surface area (Å²) in [6, 6.07) is 5.53. The zero-order valence-electron chi connectivity index (χ0n) is 12.5. The monoisotopic (exact) mass is 343 g/mol. The highest BCUT2D eigenvalue weighted by Gasteiger charge is 2.53. The second kappa shape index (κ2) is 6.00. The minimum absolute atomic E-state index is 0.0133. The number of rotatable bonds is 2. The molecule has 1 N–H and O–H groups in total. The summed E-state index contributed by atoms with van der Waals surface area (Å²) in [5, 5.41) is 11.2. The summed E-state index contributed by atoms with van der Waals surface area (Å²) in [5.74, 6) is -0.563. The van der Waals surface area contributed by atoms with Crippen LogP contribution in [0.4, 0.5) is 0 Å². The van der Waals surface area contributed by atoms with Gasteiger partial charge < -0.3 is 9.84 Å². The highest BCUT2D eigenvalue weighted by atomic mass is 35.5. The third-order valence-corrected chi connectivity index (χ3v) is 5.90. The molecule has 0 saturated carbocycles. The van der Waals surface area contributed by atoms with Crippen molar-refractivity contribution >= 4 is 29.2 Å². The molecule has 0 amide bonds. The lowest BCUT2D eigenvalue weighted by Crippen LogP contribution is -2.49. The van der Waals surface area contributed by atoms with E-state index in [1.165, 1.54) is 7.11 Å². The number of aliphatic hydroxyl groups is 1. The molecule has 1 aromatic rings. The van der Waals surface area contributed by atoms with Crippen molar-refractivity contribution < 1.29 is 14.6 Å².